The Morgan fingerprint density at radius 2 is 1.37 bits per heavy atom. The van der Waals surface area contributed by atoms with Gasteiger partial charge < -0.3 is 15.6 Å². The summed E-state index contributed by atoms with van der Waals surface area (Å²) in [5.41, 5.74) is 4.16. The summed E-state index contributed by atoms with van der Waals surface area (Å²) < 4.78 is 13.3. The molecule has 0 bridgehead atoms. The van der Waals surface area contributed by atoms with Gasteiger partial charge in [0.1, 0.15) is 17.4 Å². The van der Waals surface area contributed by atoms with E-state index in [0.29, 0.717) is 5.82 Å². The lowest BCUT2D eigenvalue weighted by Gasteiger charge is -2.02. The van der Waals surface area contributed by atoms with Crippen LogP contribution in [0.3, 0.4) is 0 Å². The van der Waals surface area contributed by atoms with Crippen LogP contribution in [0.15, 0.2) is 73.1 Å². The van der Waals surface area contributed by atoms with Gasteiger partial charge in [-0.05, 0) is 60.7 Å². The fraction of sp³-hybridized carbons (Fsp3) is 0. The second-order valence-electron chi connectivity index (χ2n) is 5.60. The van der Waals surface area contributed by atoms with E-state index in [-0.39, 0.29) is 29.4 Å². The number of H-pyrrole nitrogens is 1. The number of hydrogen-bond donors (Lipinski definition) is 2. The highest BCUT2D eigenvalue weighted by atomic mass is 35.5. The summed E-state index contributed by atoms with van der Waals surface area (Å²) in [6.07, 6.45) is 3.43. The second kappa shape index (κ2) is 8.44. The number of benzene rings is 2. The predicted octanol–water partition coefficient (Wildman–Crippen LogP) is 4.25. The molecule has 4 aromatic rings. The zero-order chi connectivity index (χ0) is 17.2. The number of pyridine rings is 1. The van der Waals surface area contributed by atoms with E-state index < -0.39 is 0 Å². The number of aromatic hydroxyl groups is 1. The van der Waals surface area contributed by atoms with E-state index in [9.17, 15) is 9.50 Å². The van der Waals surface area contributed by atoms with E-state index in [2.05, 4.69) is 9.97 Å². The Labute approximate surface area is 161 Å². The molecule has 7 heteroatoms. The van der Waals surface area contributed by atoms with Crippen molar-refractivity contribution in [1.82, 2.24) is 15.0 Å². The number of halogens is 2. The van der Waals surface area contributed by atoms with Gasteiger partial charge in [-0.3, -0.25) is 4.98 Å². The Hall–Kier alpha value is -3.22. The van der Waals surface area contributed by atoms with Crippen LogP contribution in [-0.4, -0.2) is 25.5 Å². The zero-order valence-corrected chi connectivity index (χ0v) is 14.9. The van der Waals surface area contributed by atoms with E-state index in [4.69, 9.17) is 4.98 Å². The molecule has 0 saturated heterocycles. The van der Waals surface area contributed by atoms with Crippen LogP contribution in [0, 0.1) is 5.82 Å². The van der Waals surface area contributed by atoms with E-state index in [1.807, 2.05) is 12.1 Å². The van der Waals surface area contributed by atoms with Crippen LogP contribution < -0.4 is 0 Å². The van der Waals surface area contributed by atoms with Gasteiger partial charge >= 0.3 is 0 Å². The number of imidazole rings is 1. The molecule has 5 nitrogen and oxygen atoms in total. The molecule has 0 amide bonds. The van der Waals surface area contributed by atoms with Gasteiger partial charge in [-0.2, -0.15) is 0 Å². The summed E-state index contributed by atoms with van der Waals surface area (Å²) in [6, 6.07) is 16.8. The first kappa shape index (κ1) is 20.1. The Morgan fingerprint density at radius 1 is 0.778 bits per heavy atom. The third-order valence-corrected chi connectivity index (χ3v) is 3.93. The van der Waals surface area contributed by atoms with E-state index in [1.165, 1.54) is 12.1 Å². The molecule has 4 N–H and O–H groups in total. The van der Waals surface area contributed by atoms with Crippen LogP contribution in [0.5, 0.6) is 5.75 Å². The van der Waals surface area contributed by atoms with Crippen LogP contribution in [0.25, 0.3) is 33.9 Å². The van der Waals surface area contributed by atoms with Gasteiger partial charge in [0, 0.05) is 29.1 Å². The Balaban J connectivity index is 0.00000131. The summed E-state index contributed by atoms with van der Waals surface area (Å²) in [6.45, 7) is 0. The van der Waals surface area contributed by atoms with Gasteiger partial charge in [0.25, 0.3) is 0 Å². The highest BCUT2D eigenvalue weighted by Gasteiger charge is 2.15. The van der Waals surface area contributed by atoms with Crippen molar-refractivity contribution >= 4 is 12.4 Å². The Morgan fingerprint density at radius 3 is 2.00 bits per heavy atom. The predicted molar refractivity (Wildman–Crippen MR) is 105 cm³/mol. The third-order valence-electron chi connectivity index (χ3n) is 3.93. The topological polar surface area (TPSA) is 93.3 Å². The molecule has 0 radical (unpaired) electrons. The average molecular weight is 386 g/mol. The van der Waals surface area contributed by atoms with Gasteiger partial charge in [-0.1, -0.05) is 0 Å². The molecular formula is C20H17ClFN3O2. The van der Waals surface area contributed by atoms with Crippen molar-refractivity contribution in [3.8, 4) is 39.7 Å². The minimum atomic E-state index is -0.288. The van der Waals surface area contributed by atoms with Crippen molar-refractivity contribution in [2.75, 3.05) is 0 Å². The van der Waals surface area contributed by atoms with Crippen molar-refractivity contribution in [1.29, 1.82) is 0 Å². The van der Waals surface area contributed by atoms with Crippen molar-refractivity contribution in [2.45, 2.75) is 0 Å². The van der Waals surface area contributed by atoms with Crippen LogP contribution in [-0.2, 0) is 0 Å². The number of rotatable bonds is 3. The summed E-state index contributed by atoms with van der Waals surface area (Å²) in [5, 5.41) is 9.47. The summed E-state index contributed by atoms with van der Waals surface area (Å²) >= 11 is 0. The van der Waals surface area contributed by atoms with Gasteiger partial charge in [-0.15, -0.1) is 12.4 Å². The summed E-state index contributed by atoms with van der Waals surface area (Å²) in [4.78, 5) is 12.1. The molecule has 0 saturated carbocycles. The SMILES string of the molecule is Cl.O.Oc1ccc(-c2nc(-c3ccc(F)cc3)c(-c3ccncc3)[nH]2)cc1. The minimum Gasteiger partial charge on any atom is -0.508 e. The molecule has 0 atom stereocenters. The number of nitrogens with one attached hydrogen (secondary N) is 1. The largest absolute Gasteiger partial charge is 0.508 e. The molecule has 0 fully saturated rings. The molecular weight excluding hydrogens is 369 g/mol. The molecule has 0 aliphatic rings. The van der Waals surface area contributed by atoms with Gasteiger partial charge in [0.2, 0.25) is 0 Å². The molecule has 27 heavy (non-hydrogen) atoms. The molecule has 0 spiro atoms. The van der Waals surface area contributed by atoms with Crippen LogP contribution >= 0.6 is 12.4 Å². The molecule has 0 aliphatic carbocycles. The minimum absolute atomic E-state index is 0. The van der Waals surface area contributed by atoms with E-state index >= 15 is 0 Å². The molecule has 2 aromatic carbocycles. The Kier molecular flexibility index (Phi) is 6.28. The van der Waals surface area contributed by atoms with E-state index in [0.717, 1.165) is 28.1 Å². The monoisotopic (exact) mass is 385 g/mol. The second-order valence-corrected chi connectivity index (χ2v) is 5.60. The summed E-state index contributed by atoms with van der Waals surface area (Å²) in [5.74, 6) is 0.582. The lowest BCUT2D eigenvalue weighted by atomic mass is 10.1. The van der Waals surface area contributed by atoms with Crippen LogP contribution in [0.2, 0.25) is 0 Å². The standard InChI is InChI=1S/C20H14FN3O.ClH.H2O/c21-16-5-1-13(2-6-16)18-19(14-9-11-22-12-10-14)24-20(23-18)15-3-7-17(25)8-4-15;;/h1-12,25H,(H,23,24);1H;1H2. The quantitative estimate of drug-likeness (QED) is 0.552. The number of aromatic nitrogens is 3. The number of phenolic OH excluding ortho intramolecular Hbond substituents is 1. The first-order valence-electron chi connectivity index (χ1n) is 7.76. The number of phenols is 1. The van der Waals surface area contributed by atoms with E-state index in [1.54, 1.807) is 48.8 Å². The first-order chi connectivity index (χ1) is 12.2. The van der Waals surface area contributed by atoms with Crippen molar-refractivity contribution < 1.29 is 15.0 Å². The maximum absolute atomic E-state index is 13.3. The van der Waals surface area contributed by atoms with Gasteiger partial charge in [0.15, 0.2) is 0 Å². The fourth-order valence-electron chi connectivity index (χ4n) is 2.67. The average Bonchev–Trinajstić information content (AvgIpc) is 3.09. The van der Waals surface area contributed by atoms with Crippen molar-refractivity contribution in [3.63, 3.8) is 0 Å². The normalized spacial score (nSPS) is 9.96. The lowest BCUT2D eigenvalue weighted by molar-refractivity contribution is 0.475. The van der Waals surface area contributed by atoms with Gasteiger partial charge in [0.05, 0.1) is 11.4 Å². The fourth-order valence-corrected chi connectivity index (χ4v) is 2.67. The molecule has 0 unspecified atom stereocenters. The number of aromatic amines is 1. The maximum atomic E-state index is 13.3. The highest BCUT2D eigenvalue weighted by molar-refractivity contribution is 5.85. The molecule has 2 aromatic heterocycles. The molecule has 0 aliphatic heterocycles. The molecule has 4 rings (SSSR count). The van der Waals surface area contributed by atoms with Crippen molar-refractivity contribution in [2.24, 2.45) is 0 Å². The number of hydrogen-bond acceptors (Lipinski definition) is 3. The smallest absolute Gasteiger partial charge is 0.138 e. The number of nitrogens with zero attached hydrogens (tertiary/aromatic N) is 2. The third kappa shape index (κ3) is 4.13. The highest BCUT2D eigenvalue weighted by Crippen LogP contribution is 2.33. The van der Waals surface area contributed by atoms with Crippen LogP contribution in [0.4, 0.5) is 4.39 Å². The van der Waals surface area contributed by atoms with Crippen molar-refractivity contribution in [3.05, 3.63) is 78.9 Å². The first-order valence-corrected chi connectivity index (χ1v) is 7.76. The lowest BCUT2D eigenvalue weighted by Crippen LogP contribution is -1.84. The summed E-state index contributed by atoms with van der Waals surface area (Å²) in [7, 11) is 0. The van der Waals surface area contributed by atoms with Gasteiger partial charge in [-0.25, -0.2) is 9.37 Å². The molecule has 138 valence electrons. The molecule has 2 heterocycles. The van der Waals surface area contributed by atoms with Crippen LogP contribution in [0.1, 0.15) is 0 Å². The maximum Gasteiger partial charge on any atom is 0.138 e. The zero-order valence-electron chi connectivity index (χ0n) is 14.1. The Bertz CT molecular complexity index is 1000.